The minimum Gasteiger partial charge on any atom is -0.307 e. The Bertz CT molecular complexity index is 215. The largest absolute Gasteiger partial charge is 0.307 e. The molecule has 3 nitrogen and oxygen atoms in total. The Hall–Kier alpha value is -0.700. The van der Waals surface area contributed by atoms with Crippen LogP contribution in [0.5, 0.6) is 0 Å². The Morgan fingerprint density at radius 1 is 1.70 bits per heavy atom. The summed E-state index contributed by atoms with van der Waals surface area (Å²) in [7, 11) is 1.99. The molecule has 2 heterocycles. The lowest BCUT2D eigenvalue weighted by atomic mass is 10.1. The first kappa shape index (κ1) is 6.04. The zero-order valence-electron chi connectivity index (χ0n) is 6.09. The molecule has 0 aromatic heterocycles. The molecule has 2 rings (SSSR count). The second-order valence-corrected chi connectivity index (χ2v) is 2.67. The monoisotopic (exact) mass is 137 g/mol. The molecule has 0 aromatic carbocycles. The molecule has 0 aromatic rings. The highest BCUT2D eigenvalue weighted by Gasteiger charge is 2.26. The second-order valence-electron chi connectivity index (χ2n) is 2.67. The van der Waals surface area contributed by atoms with Crippen LogP contribution in [-0.4, -0.2) is 24.8 Å². The van der Waals surface area contributed by atoms with Crippen molar-refractivity contribution < 1.29 is 4.70 Å². The zero-order valence-corrected chi connectivity index (χ0v) is 6.09. The minimum atomic E-state index is 0.978. The molecular weight excluding hydrogens is 126 g/mol. The van der Waals surface area contributed by atoms with Crippen LogP contribution in [0.3, 0.4) is 0 Å². The standard InChI is InChI=1S/C7H11N3/c1-10-7-5-8-3-2-6(7)4-9-10/h4,8H,2-3,5H2,1H3/q+1. The van der Waals surface area contributed by atoms with Gasteiger partial charge in [-0.15, -0.1) is 0 Å². The number of nitrogens with one attached hydrogen (secondary N) is 1. The van der Waals surface area contributed by atoms with Crippen molar-refractivity contribution in [2.75, 3.05) is 20.1 Å². The first-order valence-corrected chi connectivity index (χ1v) is 3.58. The Kier molecular flexibility index (Phi) is 1.31. The number of nitrogens with zero attached hydrogens (tertiary/aromatic N) is 2. The van der Waals surface area contributed by atoms with Crippen molar-refractivity contribution in [2.24, 2.45) is 5.11 Å². The SMILES string of the molecule is C[N+]1=N[CH]C2=C1CNCC2. The average Bonchev–Trinajstić information content (AvgIpc) is 2.34. The van der Waals surface area contributed by atoms with Crippen LogP contribution in [0.1, 0.15) is 6.42 Å². The average molecular weight is 137 g/mol. The van der Waals surface area contributed by atoms with E-state index in [4.69, 9.17) is 0 Å². The van der Waals surface area contributed by atoms with Crippen molar-refractivity contribution in [3.05, 3.63) is 17.8 Å². The predicted molar refractivity (Wildman–Crippen MR) is 37.4 cm³/mol. The van der Waals surface area contributed by atoms with Crippen molar-refractivity contribution in [3.8, 4) is 0 Å². The highest BCUT2D eigenvalue weighted by atomic mass is 15.3. The molecule has 10 heavy (non-hydrogen) atoms. The molecule has 0 saturated carbocycles. The van der Waals surface area contributed by atoms with Gasteiger partial charge in [0.2, 0.25) is 5.70 Å². The number of azo groups is 2. The van der Waals surface area contributed by atoms with E-state index >= 15 is 0 Å². The summed E-state index contributed by atoms with van der Waals surface area (Å²) < 4.78 is 1.95. The third kappa shape index (κ3) is 0.778. The molecule has 2 aliphatic rings. The van der Waals surface area contributed by atoms with Crippen LogP contribution in [0.15, 0.2) is 16.4 Å². The lowest BCUT2D eigenvalue weighted by Gasteiger charge is -2.08. The van der Waals surface area contributed by atoms with Crippen molar-refractivity contribution >= 4 is 0 Å². The summed E-state index contributed by atoms with van der Waals surface area (Å²) in [6, 6.07) is 0. The first-order valence-electron chi connectivity index (χ1n) is 3.58. The van der Waals surface area contributed by atoms with Gasteiger partial charge in [0.05, 0.1) is 6.54 Å². The normalized spacial score (nSPS) is 24.7. The molecule has 53 valence electrons. The van der Waals surface area contributed by atoms with E-state index in [9.17, 15) is 0 Å². The van der Waals surface area contributed by atoms with Gasteiger partial charge in [0, 0.05) is 5.57 Å². The lowest BCUT2D eigenvalue weighted by Crippen LogP contribution is -2.26. The molecule has 0 fully saturated rings. The Balaban J connectivity index is 2.28. The Morgan fingerprint density at radius 2 is 2.60 bits per heavy atom. The molecule has 0 aliphatic carbocycles. The number of rotatable bonds is 0. The fourth-order valence-corrected chi connectivity index (χ4v) is 1.37. The van der Waals surface area contributed by atoms with Gasteiger partial charge in [-0.2, -0.15) is 0 Å². The lowest BCUT2D eigenvalue weighted by molar-refractivity contribution is -0.510. The van der Waals surface area contributed by atoms with E-state index in [0.717, 1.165) is 19.5 Å². The zero-order chi connectivity index (χ0) is 6.97. The maximum Gasteiger partial charge on any atom is 0.223 e. The molecular formula is C7H11N3+. The van der Waals surface area contributed by atoms with Crippen LogP contribution < -0.4 is 5.32 Å². The highest BCUT2D eigenvalue weighted by molar-refractivity contribution is 5.21. The number of hydrogen-bond acceptors (Lipinski definition) is 2. The maximum absolute atomic E-state index is 4.17. The summed E-state index contributed by atoms with van der Waals surface area (Å²) in [5.74, 6) is 0. The molecule has 0 amide bonds. The van der Waals surface area contributed by atoms with Gasteiger partial charge in [0.15, 0.2) is 13.6 Å². The van der Waals surface area contributed by atoms with E-state index in [1.807, 2.05) is 18.3 Å². The summed E-state index contributed by atoms with van der Waals surface area (Å²) in [5.41, 5.74) is 2.74. The smallest absolute Gasteiger partial charge is 0.223 e. The quantitative estimate of drug-likeness (QED) is 0.484. The topological polar surface area (TPSA) is 27.4 Å². The molecule has 1 radical (unpaired) electrons. The third-order valence-electron chi connectivity index (χ3n) is 2.01. The van der Waals surface area contributed by atoms with E-state index in [-0.39, 0.29) is 0 Å². The molecule has 1 N–H and O–H groups in total. The van der Waals surface area contributed by atoms with Gasteiger partial charge in [0.1, 0.15) is 0 Å². The van der Waals surface area contributed by atoms with Gasteiger partial charge >= 0.3 is 0 Å². The van der Waals surface area contributed by atoms with Crippen LogP contribution in [0.2, 0.25) is 0 Å². The fraction of sp³-hybridized carbons (Fsp3) is 0.571. The molecule has 0 spiro atoms. The summed E-state index contributed by atoms with van der Waals surface area (Å²) in [6.45, 7) is 4.04. The van der Waals surface area contributed by atoms with Gasteiger partial charge in [0.25, 0.3) is 0 Å². The van der Waals surface area contributed by atoms with E-state index in [1.54, 1.807) is 0 Å². The second kappa shape index (κ2) is 2.16. The molecule has 0 unspecified atom stereocenters. The molecule has 3 heteroatoms. The van der Waals surface area contributed by atoms with Crippen LogP contribution in [0.4, 0.5) is 0 Å². The van der Waals surface area contributed by atoms with Gasteiger partial charge in [-0.05, 0) is 18.1 Å². The molecule has 0 saturated heterocycles. The molecule has 0 atom stereocenters. The van der Waals surface area contributed by atoms with Gasteiger partial charge in [-0.3, -0.25) is 0 Å². The summed E-state index contributed by atoms with van der Waals surface area (Å²) in [4.78, 5) is 0. The first-order chi connectivity index (χ1) is 4.88. The molecule has 2 aliphatic heterocycles. The van der Waals surface area contributed by atoms with Crippen molar-refractivity contribution in [1.29, 1.82) is 0 Å². The maximum atomic E-state index is 4.17. The van der Waals surface area contributed by atoms with Crippen LogP contribution in [0, 0.1) is 6.54 Å². The molecule has 0 bridgehead atoms. The van der Waals surface area contributed by atoms with Crippen LogP contribution in [0.25, 0.3) is 0 Å². The minimum absolute atomic E-state index is 0.978. The van der Waals surface area contributed by atoms with Crippen molar-refractivity contribution in [2.45, 2.75) is 6.42 Å². The fourth-order valence-electron chi connectivity index (χ4n) is 1.37. The number of hydrogen-bond donors (Lipinski definition) is 1. The van der Waals surface area contributed by atoms with Gasteiger partial charge in [-0.1, -0.05) is 4.70 Å². The van der Waals surface area contributed by atoms with E-state index in [1.165, 1.54) is 11.3 Å². The summed E-state index contributed by atoms with van der Waals surface area (Å²) in [6.07, 6.45) is 1.13. The Labute approximate surface area is 60.4 Å². The van der Waals surface area contributed by atoms with Crippen molar-refractivity contribution in [3.63, 3.8) is 0 Å². The van der Waals surface area contributed by atoms with Crippen LogP contribution in [-0.2, 0) is 0 Å². The van der Waals surface area contributed by atoms with Gasteiger partial charge < -0.3 is 5.32 Å². The predicted octanol–water partition coefficient (Wildman–Crippen LogP) is 0.504. The van der Waals surface area contributed by atoms with Crippen LogP contribution >= 0.6 is 0 Å². The highest BCUT2D eigenvalue weighted by Crippen LogP contribution is 2.21. The van der Waals surface area contributed by atoms with E-state index in [2.05, 4.69) is 10.4 Å². The van der Waals surface area contributed by atoms with E-state index < -0.39 is 0 Å². The van der Waals surface area contributed by atoms with E-state index in [0.29, 0.717) is 0 Å². The third-order valence-corrected chi connectivity index (χ3v) is 2.01. The summed E-state index contributed by atoms with van der Waals surface area (Å²) >= 11 is 0. The Morgan fingerprint density at radius 3 is 3.40 bits per heavy atom. The van der Waals surface area contributed by atoms with Gasteiger partial charge in [-0.25, -0.2) is 0 Å². The van der Waals surface area contributed by atoms with Crippen molar-refractivity contribution in [1.82, 2.24) is 5.32 Å². The number of likely N-dealkylation sites (N-methyl/N-ethyl adjacent to an activating group) is 1. The summed E-state index contributed by atoms with van der Waals surface area (Å²) in [5, 5.41) is 7.48.